The Balaban J connectivity index is 1.70. The summed E-state index contributed by atoms with van der Waals surface area (Å²) < 4.78 is 5.76. The highest BCUT2D eigenvalue weighted by Crippen LogP contribution is 2.18. The number of nitrogens with one attached hydrogen (secondary N) is 2. The summed E-state index contributed by atoms with van der Waals surface area (Å²) in [6.45, 7) is 10.4. The van der Waals surface area contributed by atoms with Crippen LogP contribution in [-0.2, 0) is 6.54 Å². The van der Waals surface area contributed by atoms with Gasteiger partial charge in [0.15, 0.2) is 5.96 Å². The number of thiazole rings is 1. The van der Waals surface area contributed by atoms with E-state index in [0.717, 1.165) is 22.4 Å². The van der Waals surface area contributed by atoms with Crippen molar-refractivity contribution < 1.29 is 4.74 Å². The van der Waals surface area contributed by atoms with Gasteiger partial charge in [-0.05, 0) is 37.5 Å². The third-order valence-electron chi connectivity index (χ3n) is 3.91. The van der Waals surface area contributed by atoms with E-state index in [4.69, 9.17) is 4.74 Å². The van der Waals surface area contributed by atoms with Crippen molar-refractivity contribution in [3.8, 4) is 5.75 Å². The first kappa shape index (κ1) is 19.2. The Morgan fingerprint density at radius 2 is 1.92 bits per heavy atom. The van der Waals surface area contributed by atoms with E-state index in [9.17, 15) is 0 Å². The van der Waals surface area contributed by atoms with E-state index in [-0.39, 0.29) is 0 Å². The number of aliphatic imine (C=N–C) groups is 1. The van der Waals surface area contributed by atoms with E-state index < -0.39 is 0 Å². The maximum absolute atomic E-state index is 5.76. The Hall–Kier alpha value is -2.08. The highest BCUT2D eigenvalue weighted by molar-refractivity contribution is 7.11. The third kappa shape index (κ3) is 6.05. The van der Waals surface area contributed by atoms with Crippen LogP contribution in [0.25, 0.3) is 0 Å². The molecule has 1 aromatic carbocycles. The second-order valence-corrected chi connectivity index (χ2v) is 7.46. The van der Waals surface area contributed by atoms with Crippen LogP contribution < -0.4 is 15.4 Å². The molecule has 5 nitrogen and oxygen atoms in total. The number of nitrogens with zero attached hydrogens (tertiary/aromatic N) is 2. The lowest BCUT2D eigenvalue weighted by Gasteiger charge is -2.12. The van der Waals surface area contributed by atoms with Gasteiger partial charge < -0.3 is 15.4 Å². The van der Waals surface area contributed by atoms with Gasteiger partial charge in [0, 0.05) is 11.9 Å². The van der Waals surface area contributed by atoms with Gasteiger partial charge in [-0.1, -0.05) is 26.0 Å². The first-order valence-corrected chi connectivity index (χ1v) is 9.41. The molecule has 0 aliphatic heterocycles. The number of guanidine groups is 1. The minimum atomic E-state index is 0.538. The molecule has 0 saturated heterocycles. The first-order valence-electron chi connectivity index (χ1n) is 8.59. The highest BCUT2D eigenvalue weighted by Gasteiger charge is 2.05. The van der Waals surface area contributed by atoms with Gasteiger partial charge in [0.2, 0.25) is 0 Å². The van der Waals surface area contributed by atoms with E-state index >= 15 is 0 Å². The molecule has 2 rings (SSSR count). The molecule has 0 spiro atoms. The predicted octanol–water partition coefficient (Wildman–Crippen LogP) is 3.63. The van der Waals surface area contributed by atoms with Crippen LogP contribution >= 0.6 is 11.3 Å². The molecule has 1 heterocycles. The van der Waals surface area contributed by atoms with Crippen molar-refractivity contribution in [1.29, 1.82) is 0 Å². The lowest BCUT2D eigenvalue weighted by atomic mass is 10.0. The molecule has 2 N–H and O–H groups in total. The zero-order valence-electron chi connectivity index (χ0n) is 15.7. The van der Waals surface area contributed by atoms with Crippen LogP contribution in [-0.4, -0.2) is 31.1 Å². The molecule has 136 valence electrons. The summed E-state index contributed by atoms with van der Waals surface area (Å²) in [4.78, 5) is 10.0. The monoisotopic (exact) mass is 360 g/mol. The number of hydrogen-bond acceptors (Lipinski definition) is 4. The van der Waals surface area contributed by atoms with Crippen molar-refractivity contribution in [1.82, 2.24) is 15.6 Å². The summed E-state index contributed by atoms with van der Waals surface area (Å²) in [5.41, 5.74) is 2.42. The molecule has 1 aromatic heterocycles. The lowest BCUT2D eigenvalue weighted by molar-refractivity contribution is 0.322. The number of aryl methyl sites for hydroxylation is 2. The molecule has 25 heavy (non-hydrogen) atoms. The molecule has 2 aromatic rings. The lowest BCUT2D eigenvalue weighted by Crippen LogP contribution is -2.38. The van der Waals surface area contributed by atoms with Crippen LogP contribution in [0.5, 0.6) is 5.75 Å². The first-order chi connectivity index (χ1) is 12.0. The van der Waals surface area contributed by atoms with E-state index in [2.05, 4.69) is 53.5 Å². The maximum atomic E-state index is 5.76. The second kappa shape index (κ2) is 9.42. The van der Waals surface area contributed by atoms with Gasteiger partial charge in [0.25, 0.3) is 0 Å². The molecule has 0 aliphatic carbocycles. The molecule has 0 aliphatic rings. The summed E-state index contributed by atoms with van der Waals surface area (Å²) in [5, 5.41) is 7.60. The SMILES string of the molecule is CN=C(NCCOc1ccc(C(C)C)cc1)NCc1nc(C)c(C)s1. The Kier molecular flexibility index (Phi) is 7.25. The summed E-state index contributed by atoms with van der Waals surface area (Å²) in [6.07, 6.45) is 0. The van der Waals surface area contributed by atoms with Gasteiger partial charge in [-0.25, -0.2) is 4.98 Å². The molecular formula is C19H28N4OS. The second-order valence-electron chi connectivity index (χ2n) is 6.17. The number of hydrogen-bond donors (Lipinski definition) is 2. The Morgan fingerprint density at radius 3 is 2.48 bits per heavy atom. The third-order valence-corrected chi connectivity index (χ3v) is 4.99. The molecule has 0 fully saturated rings. The molecule has 0 saturated carbocycles. The van der Waals surface area contributed by atoms with E-state index in [1.807, 2.05) is 19.1 Å². The van der Waals surface area contributed by atoms with E-state index in [1.165, 1.54) is 10.4 Å². The van der Waals surface area contributed by atoms with E-state index in [1.54, 1.807) is 18.4 Å². The minimum absolute atomic E-state index is 0.538. The molecular weight excluding hydrogens is 332 g/mol. The fourth-order valence-electron chi connectivity index (χ4n) is 2.28. The van der Waals surface area contributed by atoms with Crippen LogP contribution in [0, 0.1) is 13.8 Å². The number of rotatable bonds is 7. The Morgan fingerprint density at radius 1 is 1.20 bits per heavy atom. The molecule has 0 amide bonds. The van der Waals surface area contributed by atoms with Crippen molar-refractivity contribution in [3.05, 3.63) is 45.4 Å². The fourth-order valence-corrected chi connectivity index (χ4v) is 3.16. The molecule has 0 atom stereocenters. The maximum Gasteiger partial charge on any atom is 0.191 e. The fraction of sp³-hybridized carbons (Fsp3) is 0.474. The quantitative estimate of drug-likeness (QED) is 0.450. The average molecular weight is 361 g/mol. The number of ether oxygens (including phenoxy) is 1. The summed E-state index contributed by atoms with van der Waals surface area (Å²) in [6, 6.07) is 8.28. The van der Waals surface area contributed by atoms with Crippen molar-refractivity contribution in [3.63, 3.8) is 0 Å². The molecule has 0 bridgehead atoms. The number of benzene rings is 1. The zero-order chi connectivity index (χ0) is 18.2. The zero-order valence-corrected chi connectivity index (χ0v) is 16.5. The van der Waals surface area contributed by atoms with Gasteiger partial charge in [-0.3, -0.25) is 4.99 Å². The van der Waals surface area contributed by atoms with Gasteiger partial charge in [0.05, 0.1) is 18.8 Å². The van der Waals surface area contributed by atoms with Crippen LogP contribution in [0.2, 0.25) is 0 Å². The van der Waals surface area contributed by atoms with Gasteiger partial charge in [-0.15, -0.1) is 11.3 Å². The Bertz CT molecular complexity index is 672. The van der Waals surface area contributed by atoms with Gasteiger partial charge in [-0.2, -0.15) is 0 Å². The summed E-state index contributed by atoms with van der Waals surface area (Å²) >= 11 is 1.71. The number of aromatic nitrogens is 1. The van der Waals surface area contributed by atoms with E-state index in [0.29, 0.717) is 25.6 Å². The normalized spacial score (nSPS) is 11.7. The molecule has 6 heteroatoms. The van der Waals surface area contributed by atoms with Crippen LogP contribution in [0.4, 0.5) is 0 Å². The topological polar surface area (TPSA) is 58.5 Å². The van der Waals surface area contributed by atoms with Crippen LogP contribution in [0.3, 0.4) is 0 Å². The predicted molar refractivity (Wildman–Crippen MR) is 106 cm³/mol. The van der Waals surface area contributed by atoms with Crippen molar-refractivity contribution in [2.75, 3.05) is 20.2 Å². The van der Waals surface area contributed by atoms with Crippen molar-refractivity contribution in [2.45, 2.75) is 40.2 Å². The van der Waals surface area contributed by atoms with Crippen molar-refractivity contribution in [2.24, 2.45) is 4.99 Å². The van der Waals surface area contributed by atoms with Gasteiger partial charge in [0.1, 0.15) is 17.4 Å². The summed E-state index contributed by atoms with van der Waals surface area (Å²) in [7, 11) is 1.76. The molecule has 0 unspecified atom stereocenters. The van der Waals surface area contributed by atoms with Crippen LogP contribution in [0.1, 0.15) is 40.9 Å². The van der Waals surface area contributed by atoms with Crippen LogP contribution in [0.15, 0.2) is 29.3 Å². The summed E-state index contributed by atoms with van der Waals surface area (Å²) in [5.74, 6) is 2.18. The Labute approximate surface area is 154 Å². The minimum Gasteiger partial charge on any atom is -0.492 e. The standard InChI is InChI=1S/C19H28N4OS/c1-13(2)16-6-8-17(9-7-16)24-11-10-21-19(20-5)22-12-18-23-14(3)15(4)25-18/h6-9,13H,10-12H2,1-5H3,(H2,20,21,22). The smallest absolute Gasteiger partial charge is 0.191 e. The van der Waals surface area contributed by atoms with Gasteiger partial charge >= 0.3 is 0 Å². The average Bonchev–Trinajstić information content (AvgIpc) is 2.92. The van der Waals surface area contributed by atoms with Crippen molar-refractivity contribution >= 4 is 17.3 Å². The largest absolute Gasteiger partial charge is 0.492 e. The molecule has 0 radical (unpaired) electrons. The highest BCUT2D eigenvalue weighted by atomic mass is 32.1.